The van der Waals surface area contributed by atoms with Gasteiger partial charge in [-0.1, -0.05) is 18.2 Å². The normalized spacial score (nSPS) is 10.9. The average Bonchev–Trinajstić information content (AvgIpc) is 2.40. The molecule has 20 heavy (non-hydrogen) atoms. The fraction of sp³-hybridized carbons (Fsp3) is 0.133. The van der Waals surface area contributed by atoms with Crippen LogP contribution in [0.4, 0.5) is 4.39 Å². The number of carbonyl (C=O) groups is 1. The molecule has 1 amide bonds. The SMILES string of the molecule is CC(O)NC(=O)c1ccc(F)cc1.Oc1ccccc1. The lowest BCUT2D eigenvalue weighted by Gasteiger charge is -2.06. The lowest BCUT2D eigenvalue weighted by molar-refractivity contribution is 0.0819. The van der Waals surface area contributed by atoms with Crippen LogP contribution in [0.2, 0.25) is 0 Å². The third-order valence-corrected chi connectivity index (χ3v) is 2.20. The summed E-state index contributed by atoms with van der Waals surface area (Å²) in [6.07, 6.45) is -0.905. The molecule has 0 radical (unpaired) electrons. The predicted octanol–water partition coefficient (Wildman–Crippen LogP) is 2.29. The van der Waals surface area contributed by atoms with E-state index in [1.165, 1.54) is 31.2 Å². The van der Waals surface area contributed by atoms with Crippen molar-refractivity contribution in [2.45, 2.75) is 13.2 Å². The van der Waals surface area contributed by atoms with Crippen LogP contribution in [0.25, 0.3) is 0 Å². The maximum atomic E-state index is 12.4. The molecule has 5 heteroatoms. The molecular weight excluding hydrogens is 261 g/mol. The van der Waals surface area contributed by atoms with Crippen molar-refractivity contribution in [3.63, 3.8) is 0 Å². The van der Waals surface area contributed by atoms with E-state index in [0.29, 0.717) is 11.3 Å². The third-order valence-electron chi connectivity index (χ3n) is 2.20. The minimum atomic E-state index is -0.905. The average molecular weight is 277 g/mol. The Morgan fingerprint density at radius 1 is 1.10 bits per heavy atom. The van der Waals surface area contributed by atoms with Crippen LogP contribution < -0.4 is 5.32 Å². The number of para-hydroxylation sites is 1. The van der Waals surface area contributed by atoms with E-state index in [0.717, 1.165) is 0 Å². The van der Waals surface area contributed by atoms with E-state index in [1.807, 2.05) is 6.07 Å². The van der Waals surface area contributed by atoms with E-state index in [4.69, 9.17) is 10.2 Å². The minimum absolute atomic E-state index is 0.322. The zero-order chi connectivity index (χ0) is 15.0. The molecule has 2 aromatic rings. The van der Waals surface area contributed by atoms with Gasteiger partial charge in [-0.15, -0.1) is 0 Å². The molecule has 0 heterocycles. The quantitative estimate of drug-likeness (QED) is 0.738. The van der Waals surface area contributed by atoms with Crippen molar-refractivity contribution in [1.29, 1.82) is 0 Å². The van der Waals surface area contributed by atoms with Gasteiger partial charge in [-0.25, -0.2) is 4.39 Å². The summed E-state index contributed by atoms with van der Waals surface area (Å²) in [5, 5.41) is 19.7. The third kappa shape index (κ3) is 5.97. The molecule has 3 N–H and O–H groups in total. The van der Waals surface area contributed by atoms with Crippen LogP contribution in [0.15, 0.2) is 54.6 Å². The summed E-state index contributed by atoms with van der Waals surface area (Å²) < 4.78 is 12.4. The predicted molar refractivity (Wildman–Crippen MR) is 73.7 cm³/mol. The molecule has 0 aliphatic rings. The van der Waals surface area contributed by atoms with Crippen molar-refractivity contribution in [3.05, 3.63) is 66.0 Å². The first kappa shape index (κ1) is 15.7. The van der Waals surface area contributed by atoms with Crippen LogP contribution in [0.3, 0.4) is 0 Å². The molecule has 0 aliphatic heterocycles. The first-order chi connectivity index (χ1) is 9.49. The van der Waals surface area contributed by atoms with Gasteiger partial charge in [0, 0.05) is 5.56 Å². The van der Waals surface area contributed by atoms with Crippen LogP contribution in [0.5, 0.6) is 5.75 Å². The summed E-state index contributed by atoms with van der Waals surface area (Å²) in [4.78, 5) is 11.2. The molecule has 0 bridgehead atoms. The van der Waals surface area contributed by atoms with Crippen LogP contribution >= 0.6 is 0 Å². The number of hydrogen-bond acceptors (Lipinski definition) is 3. The Morgan fingerprint density at radius 2 is 1.65 bits per heavy atom. The number of rotatable bonds is 2. The van der Waals surface area contributed by atoms with Crippen molar-refractivity contribution in [3.8, 4) is 5.75 Å². The largest absolute Gasteiger partial charge is 0.508 e. The summed E-state index contributed by atoms with van der Waals surface area (Å²) in [7, 11) is 0. The molecule has 0 aliphatic carbocycles. The summed E-state index contributed by atoms with van der Waals surface area (Å²) in [5.41, 5.74) is 0.322. The van der Waals surface area contributed by atoms with Crippen LogP contribution in [0, 0.1) is 5.82 Å². The summed E-state index contributed by atoms with van der Waals surface area (Å²) >= 11 is 0. The number of amides is 1. The van der Waals surface area contributed by atoms with Gasteiger partial charge in [0.1, 0.15) is 17.8 Å². The van der Waals surface area contributed by atoms with E-state index in [1.54, 1.807) is 24.3 Å². The van der Waals surface area contributed by atoms with Gasteiger partial charge in [-0.05, 0) is 43.3 Å². The zero-order valence-corrected chi connectivity index (χ0v) is 11.0. The standard InChI is InChI=1S/C9H10FNO2.C6H6O/c1-6(12)11-9(13)7-2-4-8(10)5-3-7;7-6-4-2-1-3-5-6/h2-6,12H,1H3,(H,11,13);1-5,7H. The Balaban J connectivity index is 0.000000240. The number of nitrogens with one attached hydrogen (secondary N) is 1. The Bertz CT molecular complexity index is 527. The Labute approximate surface area is 116 Å². The number of phenols is 1. The van der Waals surface area contributed by atoms with Crippen LogP contribution in [-0.4, -0.2) is 22.3 Å². The van der Waals surface area contributed by atoms with Gasteiger partial charge in [0.25, 0.3) is 5.91 Å². The van der Waals surface area contributed by atoms with Crippen LogP contribution in [0.1, 0.15) is 17.3 Å². The maximum absolute atomic E-state index is 12.4. The molecule has 0 saturated carbocycles. The second kappa shape index (κ2) is 7.91. The Morgan fingerprint density at radius 3 is 2.05 bits per heavy atom. The second-order valence-electron chi connectivity index (χ2n) is 3.99. The second-order valence-corrected chi connectivity index (χ2v) is 3.99. The Hall–Kier alpha value is -2.40. The number of benzene rings is 2. The van der Waals surface area contributed by atoms with Crippen molar-refractivity contribution >= 4 is 5.91 Å². The van der Waals surface area contributed by atoms with E-state index in [9.17, 15) is 9.18 Å². The molecule has 0 saturated heterocycles. The monoisotopic (exact) mass is 277 g/mol. The first-order valence-corrected chi connectivity index (χ1v) is 5.97. The molecule has 1 unspecified atom stereocenters. The highest BCUT2D eigenvalue weighted by molar-refractivity contribution is 5.94. The number of aliphatic hydroxyl groups is 1. The Kier molecular flexibility index (Phi) is 6.19. The lowest BCUT2D eigenvalue weighted by Crippen LogP contribution is -2.31. The van der Waals surface area contributed by atoms with E-state index < -0.39 is 18.0 Å². The number of phenolic OH excluding ortho intramolecular Hbond substituents is 1. The van der Waals surface area contributed by atoms with E-state index >= 15 is 0 Å². The summed E-state index contributed by atoms with van der Waals surface area (Å²) in [6, 6.07) is 13.8. The topological polar surface area (TPSA) is 69.6 Å². The molecule has 0 spiro atoms. The van der Waals surface area contributed by atoms with Crippen molar-refractivity contribution in [2.24, 2.45) is 0 Å². The highest BCUT2D eigenvalue weighted by Crippen LogP contribution is 2.03. The van der Waals surface area contributed by atoms with Gasteiger partial charge in [0.15, 0.2) is 0 Å². The number of carbonyl (C=O) groups excluding carboxylic acids is 1. The number of hydrogen-bond donors (Lipinski definition) is 3. The number of aliphatic hydroxyl groups excluding tert-OH is 1. The maximum Gasteiger partial charge on any atom is 0.253 e. The first-order valence-electron chi connectivity index (χ1n) is 5.97. The van der Waals surface area contributed by atoms with Gasteiger partial charge >= 0.3 is 0 Å². The van der Waals surface area contributed by atoms with E-state index in [2.05, 4.69) is 5.32 Å². The van der Waals surface area contributed by atoms with Gasteiger partial charge < -0.3 is 15.5 Å². The van der Waals surface area contributed by atoms with Crippen molar-refractivity contribution in [1.82, 2.24) is 5.32 Å². The minimum Gasteiger partial charge on any atom is -0.508 e. The highest BCUT2D eigenvalue weighted by Gasteiger charge is 2.06. The molecule has 1 atom stereocenters. The smallest absolute Gasteiger partial charge is 0.253 e. The fourth-order valence-electron chi connectivity index (χ4n) is 1.30. The molecular formula is C15H16FNO3. The number of halogens is 1. The summed E-state index contributed by atoms with van der Waals surface area (Å²) in [5.74, 6) is -0.494. The molecule has 2 rings (SSSR count). The van der Waals surface area contributed by atoms with Crippen LogP contribution in [-0.2, 0) is 0 Å². The van der Waals surface area contributed by atoms with Gasteiger partial charge in [-0.2, -0.15) is 0 Å². The summed E-state index contributed by atoms with van der Waals surface area (Å²) in [6.45, 7) is 1.43. The molecule has 106 valence electrons. The molecule has 0 aromatic heterocycles. The fourth-order valence-corrected chi connectivity index (χ4v) is 1.30. The van der Waals surface area contributed by atoms with Gasteiger partial charge in [0.2, 0.25) is 0 Å². The molecule has 4 nitrogen and oxygen atoms in total. The van der Waals surface area contributed by atoms with E-state index in [-0.39, 0.29) is 0 Å². The van der Waals surface area contributed by atoms with Gasteiger partial charge in [-0.3, -0.25) is 4.79 Å². The number of aromatic hydroxyl groups is 1. The van der Waals surface area contributed by atoms with Gasteiger partial charge in [0.05, 0.1) is 0 Å². The van der Waals surface area contributed by atoms with Crippen molar-refractivity contribution in [2.75, 3.05) is 0 Å². The zero-order valence-electron chi connectivity index (χ0n) is 11.0. The van der Waals surface area contributed by atoms with Crippen molar-refractivity contribution < 1.29 is 19.4 Å². The lowest BCUT2D eigenvalue weighted by atomic mass is 10.2. The molecule has 2 aromatic carbocycles. The highest BCUT2D eigenvalue weighted by atomic mass is 19.1. The molecule has 0 fully saturated rings.